The van der Waals surface area contributed by atoms with Gasteiger partial charge in [0.1, 0.15) is 5.75 Å². The van der Waals surface area contributed by atoms with Gasteiger partial charge in [0.2, 0.25) is 0 Å². The van der Waals surface area contributed by atoms with Crippen molar-refractivity contribution in [3.8, 4) is 5.75 Å². The summed E-state index contributed by atoms with van der Waals surface area (Å²) in [4.78, 5) is 12.9. The second-order valence-electron chi connectivity index (χ2n) is 7.42. The number of methoxy groups -OCH3 is 1. The molecule has 1 amide bonds. The van der Waals surface area contributed by atoms with Gasteiger partial charge in [-0.15, -0.1) is 6.58 Å². The standard InChI is InChI=1S/C23H24BrNO4/c1-3-16(14-7-5-4-6-8-14)17-9-15(10-20(24)22(17)29-13-27-2)23(26)25-21-18-11-28-12-19(18)21/h3-10,16,18-19,21H,1,11-13H2,2H3,(H,25,26). The molecule has 0 spiro atoms. The minimum absolute atomic E-state index is 0.0829. The Bertz CT molecular complexity index is 891. The van der Waals surface area contributed by atoms with Crippen molar-refractivity contribution in [3.05, 3.63) is 76.3 Å². The number of hydrogen-bond acceptors (Lipinski definition) is 4. The smallest absolute Gasteiger partial charge is 0.251 e. The number of fused-ring (bicyclic) bond motifs is 1. The zero-order valence-corrected chi connectivity index (χ0v) is 17.9. The Morgan fingerprint density at radius 3 is 2.69 bits per heavy atom. The van der Waals surface area contributed by atoms with Crippen LogP contribution in [0.5, 0.6) is 5.75 Å². The van der Waals surface area contributed by atoms with Gasteiger partial charge < -0.3 is 19.5 Å². The van der Waals surface area contributed by atoms with E-state index in [0.29, 0.717) is 27.6 Å². The third kappa shape index (κ3) is 4.10. The normalized spacial score (nSPS) is 23.2. The van der Waals surface area contributed by atoms with Gasteiger partial charge in [0.15, 0.2) is 6.79 Å². The van der Waals surface area contributed by atoms with E-state index in [4.69, 9.17) is 14.2 Å². The molecule has 1 N–H and O–H groups in total. The second-order valence-corrected chi connectivity index (χ2v) is 8.27. The molecule has 2 aromatic carbocycles. The van der Waals surface area contributed by atoms with Crippen LogP contribution in [0, 0.1) is 11.8 Å². The van der Waals surface area contributed by atoms with E-state index in [1.807, 2.05) is 42.5 Å². The molecule has 29 heavy (non-hydrogen) atoms. The Hall–Kier alpha value is -2.15. The number of ether oxygens (including phenoxy) is 3. The average molecular weight is 458 g/mol. The van der Waals surface area contributed by atoms with Crippen LogP contribution in [-0.2, 0) is 9.47 Å². The highest BCUT2D eigenvalue weighted by molar-refractivity contribution is 9.10. The molecule has 1 aliphatic heterocycles. The lowest BCUT2D eigenvalue weighted by molar-refractivity contribution is 0.0498. The van der Waals surface area contributed by atoms with Gasteiger partial charge >= 0.3 is 0 Å². The van der Waals surface area contributed by atoms with E-state index in [1.54, 1.807) is 13.2 Å². The van der Waals surface area contributed by atoms with E-state index >= 15 is 0 Å². The van der Waals surface area contributed by atoms with Crippen LogP contribution >= 0.6 is 15.9 Å². The monoisotopic (exact) mass is 457 g/mol. The predicted molar refractivity (Wildman–Crippen MR) is 114 cm³/mol. The topological polar surface area (TPSA) is 56.8 Å². The third-order valence-corrected chi connectivity index (χ3v) is 6.22. The third-order valence-electron chi connectivity index (χ3n) is 5.64. The zero-order valence-electron chi connectivity index (χ0n) is 16.3. The lowest BCUT2D eigenvalue weighted by Crippen LogP contribution is -2.30. The van der Waals surface area contributed by atoms with E-state index in [2.05, 4.69) is 27.8 Å². The molecule has 4 rings (SSSR count). The molecule has 3 unspecified atom stereocenters. The number of benzene rings is 2. The summed E-state index contributed by atoms with van der Waals surface area (Å²) in [6.07, 6.45) is 1.86. The van der Waals surface area contributed by atoms with Crippen LogP contribution in [-0.4, -0.2) is 39.1 Å². The van der Waals surface area contributed by atoms with Crippen molar-refractivity contribution in [1.82, 2.24) is 5.32 Å². The van der Waals surface area contributed by atoms with Gasteiger partial charge in [-0.25, -0.2) is 0 Å². The fourth-order valence-electron chi connectivity index (χ4n) is 4.04. The maximum Gasteiger partial charge on any atom is 0.251 e. The Morgan fingerprint density at radius 1 is 1.31 bits per heavy atom. The summed E-state index contributed by atoms with van der Waals surface area (Å²) < 4.78 is 17.1. The molecule has 1 saturated carbocycles. The lowest BCUT2D eigenvalue weighted by atomic mass is 9.89. The van der Waals surface area contributed by atoms with Crippen LogP contribution in [0.3, 0.4) is 0 Å². The van der Waals surface area contributed by atoms with E-state index in [1.165, 1.54) is 0 Å². The molecule has 1 heterocycles. The highest BCUT2D eigenvalue weighted by Gasteiger charge is 2.54. The molecule has 6 heteroatoms. The predicted octanol–water partition coefficient (Wildman–Crippen LogP) is 4.12. The highest BCUT2D eigenvalue weighted by atomic mass is 79.9. The first kappa shape index (κ1) is 20.1. The highest BCUT2D eigenvalue weighted by Crippen LogP contribution is 2.44. The van der Waals surface area contributed by atoms with Crippen molar-refractivity contribution in [2.75, 3.05) is 27.1 Å². The molecule has 0 aromatic heterocycles. The van der Waals surface area contributed by atoms with Crippen LogP contribution in [0.1, 0.15) is 27.4 Å². The Kier molecular flexibility index (Phi) is 6.04. The molecule has 5 nitrogen and oxygen atoms in total. The van der Waals surface area contributed by atoms with E-state index in [0.717, 1.165) is 24.3 Å². The maximum atomic E-state index is 12.9. The SMILES string of the molecule is C=CC(c1ccccc1)c1cc(C(=O)NC2C3COCC32)cc(Br)c1OCOC. The summed E-state index contributed by atoms with van der Waals surface area (Å²) in [6, 6.07) is 13.9. The van der Waals surface area contributed by atoms with Crippen LogP contribution in [0.15, 0.2) is 59.6 Å². The summed E-state index contributed by atoms with van der Waals surface area (Å²) in [5.41, 5.74) is 2.52. The number of carbonyl (C=O) groups is 1. The van der Waals surface area contributed by atoms with Crippen molar-refractivity contribution in [2.45, 2.75) is 12.0 Å². The first-order valence-corrected chi connectivity index (χ1v) is 10.4. The first-order chi connectivity index (χ1) is 14.1. The summed E-state index contributed by atoms with van der Waals surface area (Å²) in [5, 5.41) is 3.15. The summed E-state index contributed by atoms with van der Waals surface area (Å²) in [5.74, 6) is 1.35. The molecule has 3 atom stereocenters. The summed E-state index contributed by atoms with van der Waals surface area (Å²) >= 11 is 3.58. The van der Waals surface area contributed by atoms with Gasteiger partial charge in [0, 0.05) is 42.0 Å². The molecular formula is C23H24BrNO4. The van der Waals surface area contributed by atoms with E-state index < -0.39 is 0 Å². The van der Waals surface area contributed by atoms with Crippen LogP contribution in [0.2, 0.25) is 0 Å². The summed E-state index contributed by atoms with van der Waals surface area (Å²) in [7, 11) is 1.58. The molecule has 0 bridgehead atoms. The molecule has 2 aliphatic rings. The number of allylic oxidation sites excluding steroid dienone is 1. The van der Waals surface area contributed by atoms with Crippen molar-refractivity contribution >= 4 is 21.8 Å². The van der Waals surface area contributed by atoms with E-state index in [9.17, 15) is 4.79 Å². The fraction of sp³-hybridized carbons (Fsp3) is 0.348. The van der Waals surface area contributed by atoms with E-state index in [-0.39, 0.29) is 24.7 Å². The van der Waals surface area contributed by atoms with Gasteiger partial charge in [-0.05, 0) is 33.6 Å². The average Bonchev–Trinajstić information content (AvgIpc) is 3.14. The van der Waals surface area contributed by atoms with Crippen molar-refractivity contribution in [3.63, 3.8) is 0 Å². The Morgan fingerprint density at radius 2 is 2.03 bits per heavy atom. The molecule has 2 aromatic rings. The maximum absolute atomic E-state index is 12.9. The number of nitrogens with one attached hydrogen (secondary N) is 1. The fourth-order valence-corrected chi connectivity index (χ4v) is 4.63. The van der Waals surface area contributed by atoms with Crippen molar-refractivity contribution in [2.24, 2.45) is 11.8 Å². The van der Waals surface area contributed by atoms with Crippen LogP contribution < -0.4 is 10.1 Å². The molecule has 152 valence electrons. The Balaban J connectivity index is 1.66. The minimum atomic E-state index is -0.124. The first-order valence-electron chi connectivity index (χ1n) is 9.65. The van der Waals surface area contributed by atoms with Crippen molar-refractivity contribution in [1.29, 1.82) is 0 Å². The van der Waals surface area contributed by atoms with Gasteiger partial charge in [0.25, 0.3) is 5.91 Å². The minimum Gasteiger partial charge on any atom is -0.466 e. The molecule has 1 aliphatic carbocycles. The van der Waals surface area contributed by atoms with Crippen LogP contribution in [0.25, 0.3) is 0 Å². The molecule has 2 fully saturated rings. The summed E-state index contributed by atoms with van der Waals surface area (Å²) in [6.45, 7) is 5.61. The van der Waals surface area contributed by atoms with Gasteiger partial charge in [0.05, 0.1) is 17.7 Å². The number of carbonyl (C=O) groups excluding carboxylic acids is 1. The van der Waals surface area contributed by atoms with Crippen molar-refractivity contribution < 1.29 is 19.0 Å². The van der Waals surface area contributed by atoms with Gasteiger partial charge in [-0.3, -0.25) is 4.79 Å². The molecule has 0 radical (unpaired) electrons. The second kappa shape index (κ2) is 8.69. The number of rotatable bonds is 8. The lowest BCUT2D eigenvalue weighted by Gasteiger charge is -2.20. The number of amides is 1. The Labute approximate surface area is 179 Å². The molecule has 1 saturated heterocycles. The van der Waals surface area contributed by atoms with Gasteiger partial charge in [-0.2, -0.15) is 0 Å². The zero-order chi connectivity index (χ0) is 20.4. The van der Waals surface area contributed by atoms with Gasteiger partial charge in [-0.1, -0.05) is 36.4 Å². The van der Waals surface area contributed by atoms with Crippen LogP contribution in [0.4, 0.5) is 0 Å². The quantitative estimate of drug-likeness (QED) is 0.478. The number of halogens is 1. The largest absolute Gasteiger partial charge is 0.466 e. The number of hydrogen-bond donors (Lipinski definition) is 1. The molecular weight excluding hydrogens is 434 g/mol.